The van der Waals surface area contributed by atoms with Crippen molar-refractivity contribution in [3.05, 3.63) is 53.2 Å². The summed E-state index contributed by atoms with van der Waals surface area (Å²) in [5.41, 5.74) is 1.07. The lowest BCUT2D eigenvalue weighted by Crippen LogP contribution is -2.43. The molecule has 0 aliphatic carbocycles. The molecular weight excluding hydrogens is 457 g/mol. The van der Waals surface area contributed by atoms with Gasteiger partial charge in [-0.2, -0.15) is 0 Å². The maximum absolute atomic E-state index is 11.8. The van der Waals surface area contributed by atoms with Crippen LogP contribution in [0.15, 0.2) is 46.1 Å². The van der Waals surface area contributed by atoms with Crippen LogP contribution in [-0.2, 0) is 17.8 Å². The van der Waals surface area contributed by atoms with E-state index in [0.29, 0.717) is 30.0 Å². The second-order valence-electron chi connectivity index (χ2n) is 4.95. The van der Waals surface area contributed by atoms with E-state index in [2.05, 4.69) is 25.9 Å². The van der Waals surface area contributed by atoms with Gasteiger partial charge in [-0.05, 0) is 30.2 Å². The smallest absolute Gasteiger partial charge is 0.239 e. The summed E-state index contributed by atoms with van der Waals surface area (Å²) in [6.07, 6.45) is 4.08. The highest BCUT2D eigenvalue weighted by Gasteiger charge is 2.04. The molecule has 0 unspecified atom stereocenters. The second kappa shape index (κ2) is 11.7. The number of furan rings is 1. The van der Waals surface area contributed by atoms with E-state index in [9.17, 15) is 4.79 Å². The minimum absolute atomic E-state index is 0. The number of hydrogen-bond donors (Lipinski definition) is 3. The van der Waals surface area contributed by atoms with Crippen molar-refractivity contribution in [2.45, 2.75) is 13.0 Å². The average molecular weight is 478 g/mol. The molecule has 2 heterocycles. The maximum atomic E-state index is 11.8. The third-order valence-electron chi connectivity index (χ3n) is 3.17. The number of rotatable bonds is 7. The van der Waals surface area contributed by atoms with Crippen LogP contribution in [0.2, 0.25) is 5.15 Å². The van der Waals surface area contributed by atoms with Crippen LogP contribution in [0.4, 0.5) is 0 Å². The average Bonchev–Trinajstić information content (AvgIpc) is 3.11. The molecule has 0 fully saturated rings. The number of pyridine rings is 1. The fourth-order valence-corrected chi connectivity index (χ4v) is 2.04. The molecule has 2 aromatic rings. The van der Waals surface area contributed by atoms with Gasteiger partial charge in [0, 0.05) is 19.8 Å². The number of guanidine groups is 1. The largest absolute Gasteiger partial charge is 0.467 e. The number of carbonyl (C=O) groups is 1. The zero-order chi connectivity index (χ0) is 17.2. The quantitative estimate of drug-likeness (QED) is 0.245. The van der Waals surface area contributed by atoms with E-state index in [1.807, 2.05) is 6.07 Å². The lowest BCUT2D eigenvalue weighted by Gasteiger charge is -2.11. The first-order chi connectivity index (χ1) is 11.7. The number of nitrogens with one attached hydrogen (secondary N) is 3. The summed E-state index contributed by atoms with van der Waals surface area (Å²) in [5.74, 6) is 1.13. The minimum atomic E-state index is -0.142. The third-order valence-corrected chi connectivity index (χ3v) is 3.40. The number of carbonyl (C=O) groups excluding carboxylic acids is 1. The molecule has 0 aliphatic heterocycles. The maximum Gasteiger partial charge on any atom is 0.239 e. The minimum Gasteiger partial charge on any atom is -0.467 e. The van der Waals surface area contributed by atoms with Gasteiger partial charge in [-0.1, -0.05) is 17.7 Å². The summed E-state index contributed by atoms with van der Waals surface area (Å²) in [6, 6.07) is 7.27. The van der Waals surface area contributed by atoms with Gasteiger partial charge in [0.2, 0.25) is 5.91 Å². The fraction of sp³-hybridized carbons (Fsp3) is 0.312. The van der Waals surface area contributed by atoms with Crippen molar-refractivity contribution in [2.75, 3.05) is 20.1 Å². The predicted molar refractivity (Wildman–Crippen MR) is 108 cm³/mol. The van der Waals surface area contributed by atoms with Gasteiger partial charge in [0.05, 0.1) is 19.4 Å². The van der Waals surface area contributed by atoms with Crippen molar-refractivity contribution in [3.63, 3.8) is 0 Å². The van der Waals surface area contributed by atoms with Crippen molar-refractivity contribution < 1.29 is 9.21 Å². The highest BCUT2D eigenvalue weighted by molar-refractivity contribution is 14.0. The molecule has 0 atom stereocenters. The van der Waals surface area contributed by atoms with Crippen LogP contribution in [-0.4, -0.2) is 37.0 Å². The molecule has 2 rings (SSSR count). The third kappa shape index (κ3) is 8.21. The first-order valence-electron chi connectivity index (χ1n) is 7.51. The Balaban J connectivity index is 0.00000312. The standard InChI is InChI=1S/C16H20ClN5O2.HI/c1-18-16(19-7-6-12-4-5-14(17)20-9-12)22-11-15(23)21-10-13-3-2-8-24-13;/h2-5,8-9H,6-7,10-11H2,1H3,(H,21,23)(H2,18,19,22);1H. The van der Waals surface area contributed by atoms with Crippen molar-refractivity contribution in [2.24, 2.45) is 4.99 Å². The molecule has 0 saturated carbocycles. The normalized spacial score (nSPS) is 10.7. The Labute approximate surface area is 168 Å². The summed E-state index contributed by atoms with van der Waals surface area (Å²) in [6.45, 7) is 1.16. The van der Waals surface area contributed by atoms with E-state index in [4.69, 9.17) is 16.0 Å². The molecule has 1 amide bonds. The predicted octanol–water partition coefficient (Wildman–Crippen LogP) is 1.97. The van der Waals surface area contributed by atoms with Gasteiger partial charge in [-0.15, -0.1) is 24.0 Å². The number of hydrogen-bond acceptors (Lipinski definition) is 4. The molecule has 136 valence electrons. The van der Waals surface area contributed by atoms with Crippen LogP contribution in [0.1, 0.15) is 11.3 Å². The number of halogens is 2. The molecule has 2 aromatic heterocycles. The summed E-state index contributed by atoms with van der Waals surface area (Å²) in [5, 5.41) is 9.32. The zero-order valence-electron chi connectivity index (χ0n) is 13.8. The lowest BCUT2D eigenvalue weighted by molar-refractivity contribution is -0.120. The topological polar surface area (TPSA) is 91.5 Å². The van der Waals surface area contributed by atoms with Crippen molar-refractivity contribution in [1.29, 1.82) is 0 Å². The molecule has 0 spiro atoms. The van der Waals surface area contributed by atoms with Gasteiger partial charge < -0.3 is 20.4 Å². The van der Waals surface area contributed by atoms with Gasteiger partial charge in [0.15, 0.2) is 5.96 Å². The summed E-state index contributed by atoms with van der Waals surface area (Å²) < 4.78 is 5.15. The molecule has 0 aliphatic rings. The first kappa shape index (κ1) is 21.2. The van der Waals surface area contributed by atoms with Gasteiger partial charge in [-0.3, -0.25) is 9.79 Å². The van der Waals surface area contributed by atoms with Crippen LogP contribution < -0.4 is 16.0 Å². The molecule has 0 bridgehead atoms. The molecule has 0 saturated heterocycles. The van der Waals surface area contributed by atoms with E-state index >= 15 is 0 Å². The Hall–Kier alpha value is -1.81. The van der Waals surface area contributed by atoms with Crippen LogP contribution in [0.5, 0.6) is 0 Å². The highest BCUT2D eigenvalue weighted by atomic mass is 127. The number of nitrogens with zero attached hydrogens (tertiary/aromatic N) is 2. The van der Waals surface area contributed by atoms with E-state index in [-0.39, 0.29) is 36.4 Å². The number of amides is 1. The molecule has 9 heteroatoms. The van der Waals surface area contributed by atoms with Crippen molar-refractivity contribution in [3.8, 4) is 0 Å². The second-order valence-corrected chi connectivity index (χ2v) is 5.34. The summed E-state index contributed by atoms with van der Waals surface area (Å²) in [4.78, 5) is 19.9. The fourth-order valence-electron chi connectivity index (χ4n) is 1.93. The van der Waals surface area contributed by atoms with E-state index < -0.39 is 0 Å². The van der Waals surface area contributed by atoms with Crippen LogP contribution in [0, 0.1) is 0 Å². The lowest BCUT2D eigenvalue weighted by atomic mass is 10.2. The molecule has 0 radical (unpaired) electrons. The van der Waals surface area contributed by atoms with E-state index in [1.54, 1.807) is 37.7 Å². The van der Waals surface area contributed by atoms with Crippen LogP contribution >= 0.6 is 35.6 Å². The van der Waals surface area contributed by atoms with Gasteiger partial charge in [0.1, 0.15) is 10.9 Å². The molecular formula is C16H21ClIN5O2. The Morgan fingerprint density at radius 3 is 2.76 bits per heavy atom. The molecule has 25 heavy (non-hydrogen) atoms. The Kier molecular flexibility index (Phi) is 9.93. The van der Waals surface area contributed by atoms with Crippen molar-refractivity contribution >= 4 is 47.4 Å². The Bertz CT molecular complexity index is 662. The number of aromatic nitrogens is 1. The number of aliphatic imine (C=N–C) groups is 1. The Morgan fingerprint density at radius 1 is 1.28 bits per heavy atom. The monoisotopic (exact) mass is 477 g/mol. The summed E-state index contributed by atoms with van der Waals surface area (Å²) in [7, 11) is 1.65. The van der Waals surface area contributed by atoms with Crippen LogP contribution in [0.3, 0.4) is 0 Å². The summed E-state index contributed by atoms with van der Waals surface area (Å²) >= 11 is 5.75. The molecule has 0 aromatic carbocycles. The van der Waals surface area contributed by atoms with E-state index in [1.165, 1.54) is 0 Å². The van der Waals surface area contributed by atoms with Gasteiger partial charge >= 0.3 is 0 Å². The first-order valence-corrected chi connectivity index (χ1v) is 7.89. The van der Waals surface area contributed by atoms with E-state index in [0.717, 1.165) is 12.0 Å². The molecule has 7 nitrogen and oxygen atoms in total. The van der Waals surface area contributed by atoms with Gasteiger partial charge in [-0.25, -0.2) is 4.98 Å². The SMILES string of the molecule is CN=C(NCCc1ccc(Cl)nc1)NCC(=O)NCc1ccco1.I. The van der Waals surface area contributed by atoms with Crippen LogP contribution in [0.25, 0.3) is 0 Å². The van der Waals surface area contributed by atoms with Gasteiger partial charge in [0.25, 0.3) is 0 Å². The zero-order valence-corrected chi connectivity index (χ0v) is 16.9. The molecule has 3 N–H and O–H groups in total. The van der Waals surface area contributed by atoms with Crippen molar-refractivity contribution in [1.82, 2.24) is 20.9 Å². The highest BCUT2D eigenvalue weighted by Crippen LogP contribution is 2.05. The Morgan fingerprint density at radius 2 is 2.12 bits per heavy atom.